The lowest BCUT2D eigenvalue weighted by Gasteiger charge is -2.20. The summed E-state index contributed by atoms with van der Waals surface area (Å²) < 4.78 is 0. The number of nitrogens with zero attached hydrogens (tertiary/aromatic N) is 2. The predicted molar refractivity (Wildman–Crippen MR) is 97.3 cm³/mol. The summed E-state index contributed by atoms with van der Waals surface area (Å²) in [6, 6.07) is 7.72. The molecule has 2 rings (SSSR count). The lowest BCUT2D eigenvalue weighted by molar-refractivity contribution is -0.117. The summed E-state index contributed by atoms with van der Waals surface area (Å²) in [6.45, 7) is 7.88. The fourth-order valence-corrected chi connectivity index (χ4v) is 3.43. The summed E-state index contributed by atoms with van der Waals surface area (Å²) in [6.07, 6.45) is 0.881. The lowest BCUT2D eigenvalue weighted by atomic mass is 10.2. The lowest BCUT2D eigenvalue weighted by Crippen LogP contribution is -2.32. The van der Waals surface area contributed by atoms with E-state index < -0.39 is 0 Å². The molecule has 0 spiro atoms. The molecular formula is C17H22ClN3OS. The Morgan fingerprint density at radius 2 is 2.09 bits per heavy atom. The maximum atomic E-state index is 12.2. The topological polar surface area (TPSA) is 45.2 Å². The number of carbonyl (C=O) groups is 1. The van der Waals surface area contributed by atoms with Gasteiger partial charge in [0.2, 0.25) is 5.91 Å². The third kappa shape index (κ3) is 5.03. The molecule has 4 nitrogen and oxygen atoms in total. The van der Waals surface area contributed by atoms with Crippen molar-refractivity contribution in [1.82, 2.24) is 9.88 Å². The Bertz CT molecular complexity index is 672. The summed E-state index contributed by atoms with van der Waals surface area (Å²) in [7, 11) is 0. The molecule has 124 valence electrons. The fraction of sp³-hybridized carbons (Fsp3) is 0.412. The number of thiazole rings is 1. The third-order valence-electron chi connectivity index (χ3n) is 3.64. The van der Waals surface area contributed by atoms with E-state index in [0.29, 0.717) is 18.2 Å². The summed E-state index contributed by atoms with van der Waals surface area (Å²) in [5, 5.41) is 4.31. The first kappa shape index (κ1) is 17.9. The molecule has 1 aromatic heterocycles. The van der Waals surface area contributed by atoms with Gasteiger partial charge in [0, 0.05) is 16.4 Å². The number of halogens is 1. The molecule has 0 saturated carbocycles. The summed E-state index contributed by atoms with van der Waals surface area (Å²) >= 11 is 7.72. The van der Waals surface area contributed by atoms with Gasteiger partial charge in [-0.05, 0) is 31.5 Å². The number of benzene rings is 1. The van der Waals surface area contributed by atoms with Crippen molar-refractivity contribution < 1.29 is 4.79 Å². The number of hydrogen-bond acceptors (Lipinski definition) is 4. The van der Waals surface area contributed by atoms with Gasteiger partial charge >= 0.3 is 0 Å². The Balaban J connectivity index is 1.95. The van der Waals surface area contributed by atoms with Crippen LogP contribution in [0.2, 0.25) is 5.02 Å². The number of hydrogen-bond donors (Lipinski definition) is 1. The average molecular weight is 352 g/mol. The monoisotopic (exact) mass is 351 g/mol. The largest absolute Gasteiger partial charge is 0.301 e. The molecule has 1 N–H and O–H groups in total. The first-order valence-corrected chi connectivity index (χ1v) is 8.94. The molecule has 2 aromatic rings. The molecule has 1 heterocycles. The van der Waals surface area contributed by atoms with Crippen molar-refractivity contribution in [2.75, 3.05) is 18.4 Å². The van der Waals surface area contributed by atoms with Crippen LogP contribution in [0.3, 0.4) is 0 Å². The van der Waals surface area contributed by atoms with Crippen LogP contribution in [0.5, 0.6) is 0 Å². The second-order valence-electron chi connectivity index (χ2n) is 5.32. The van der Waals surface area contributed by atoms with Gasteiger partial charge in [-0.1, -0.05) is 43.6 Å². The Morgan fingerprint density at radius 3 is 2.70 bits per heavy atom. The Labute approximate surface area is 146 Å². The smallest absolute Gasteiger partial charge is 0.240 e. The quantitative estimate of drug-likeness (QED) is 0.815. The molecule has 0 fully saturated rings. The molecule has 0 atom stereocenters. The number of amides is 1. The van der Waals surface area contributed by atoms with Gasteiger partial charge in [0.25, 0.3) is 0 Å². The summed E-state index contributed by atoms with van der Waals surface area (Å²) in [5.74, 6) is -0.0460. The van der Waals surface area contributed by atoms with Crippen LogP contribution in [0.25, 0.3) is 0 Å². The molecule has 1 aromatic carbocycles. The Hall–Kier alpha value is -1.43. The molecular weight excluding hydrogens is 330 g/mol. The number of aryl methyl sites for hydroxylation is 2. The van der Waals surface area contributed by atoms with Crippen molar-refractivity contribution in [2.45, 2.75) is 33.7 Å². The van der Waals surface area contributed by atoms with Crippen molar-refractivity contribution in [2.24, 2.45) is 0 Å². The molecule has 0 aliphatic rings. The second kappa shape index (κ2) is 8.43. The van der Waals surface area contributed by atoms with Gasteiger partial charge in [-0.25, -0.2) is 4.98 Å². The highest BCUT2D eigenvalue weighted by Gasteiger charge is 2.13. The number of likely N-dealkylation sites (N-methyl/N-ethyl adjacent to an activating group) is 1. The van der Waals surface area contributed by atoms with Crippen molar-refractivity contribution >= 4 is 34.0 Å². The minimum Gasteiger partial charge on any atom is -0.301 e. The van der Waals surface area contributed by atoms with E-state index in [2.05, 4.69) is 22.1 Å². The number of nitrogens with one attached hydrogen (secondary N) is 1. The highest BCUT2D eigenvalue weighted by Crippen LogP contribution is 2.22. The zero-order valence-corrected chi connectivity index (χ0v) is 15.3. The number of carbonyl (C=O) groups excluding carboxylic acids is 1. The number of aromatic nitrogens is 1. The van der Waals surface area contributed by atoms with Crippen LogP contribution in [0.1, 0.15) is 30.0 Å². The maximum Gasteiger partial charge on any atom is 0.240 e. The van der Waals surface area contributed by atoms with Crippen LogP contribution in [-0.2, 0) is 17.8 Å². The molecule has 0 bridgehead atoms. The van der Waals surface area contributed by atoms with Crippen molar-refractivity contribution in [3.8, 4) is 0 Å². The molecule has 0 radical (unpaired) electrons. The van der Waals surface area contributed by atoms with E-state index in [1.165, 1.54) is 11.3 Å². The van der Waals surface area contributed by atoms with Crippen LogP contribution in [0.15, 0.2) is 24.3 Å². The van der Waals surface area contributed by atoms with E-state index in [1.807, 2.05) is 38.1 Å². The molecule has 0 aliphatic carbocycles. The highest BCUT2D eigenvalue weighted by atomic mass is 35.5. The van der Waals surface area contributed by atoms with Gasteiger partial charge < -0.3 is 5.32 Å². The van der Waals surface area contributed by atoms with E-state index in [4.69, 9.17) is 11.6 Å². The first-order chi connectivity index (χ1) is 11.0. The van der Waals surface area contributed by atoms with E-state index in [9.17, 15) is 4.79 Å². The molecule has 23 heavy (non-hydrogen) atoms. The van der Waals surface area contributed by atoms with Crippen LogP contribution in [-0.4, -0.2) is 28.9 Å². The predicted octanol–water partition coefficient (Wildman–Crippen LogP) is 4.13. The normalized spacial score (nSPS) is 11.0. The summed E-state index contributed by atoms with van der Waals surface area (Å²) in [5.41, 5.74) is 2.08. The van der Waals surface area contributed by atoms with E-state index in [1.54, 1.807) is 0 Å². The van der Waals surface area contributed by atoms with E-state index >= 15 is 0 Å². The minimum atomic E-state index is -0.0460. The van der Waals surface area contributed by atoms with E-state index in [-0.39, 0.29) is 5.91 Å². The number of rotatable bonds is 7. The van der Waals surface area contributed by atoms with Crippen LogP contribution in [0.4, 0.5) is 5.13 Å². The molecule has 0 unspecified atom stereocenters. The van der Waals surface area contributed by atoms with Gasteiger partial charge in [0.15, 0.2) is 5.13 Å². The van der Waals surface area contributed by atoms with Gasteiger partial charge in [0.1, 0.15) is 0 Å². The second-order valence-corrected chi connectivity index (χ2v) is 6.93. The van der Waals surface area contributed by atoms with Crippen molar-refractivity contribution in [3.63, 3.8) is 0 Å². The highest BCUT2D eigenvalue weighted by molar-refractivity contribution is 7.15. The molecule has 1 amide bonds. The summed E-state index contributed by atoms with van der Waals surface area (Å²) in [4.78, 5) is 19.9. The molecule has 0 aliphatic heterocycles. The van der Waals surface area contributed by atoms with Crippen LogP contribution < -0.4 is 5.32 Å². The first-order valence-electron chi connectivity index (χ1n) is 7.75. The van der Waals surface area contributed by atoms with E-state index in [0.717, 1.165) is 34.1 Å². The third-order valence-corrected chi connectivity index (χ3v) is 4.94. The molecule has 0 saturated heterocycles. The standard InChI is InChI=1S/C17H22ClN3OS/c1-4-15-12(3)23-17(19-15)20-16(22)11-21(5-2)10-13-8-6-7-9-14(13)18/h6-9H,4-5,10-11H2,1-3H3,(H,19,20,22). The van der Waals surface area contributed by atoms with Crippen LogP contribution >= 0.6 is 22.9 Å². The minimum absolute atomic E-state index is 0.0460. The van der Waals surface area contributed by atoms with Crippen molar-refractivity contribution in [1.29, 1.82) is 0 Å². The average Bonchev–Trinajstić information content (AvgIpc) is 2.88. The van der Waals surface area contributed by atoms with Gasteiger partial charge in [-0.15, -0.1) is 11.3 Å². The Kier molecular flexibility index (Phi) is 6.57. The van der Waals surface area contributed by atoms with Gasteiger partial charge in [-0.2, -0.15) is 0 Å². The van der Waals surface area contributed by atoms with Crippen molar-refractivity contribution in [3.05, 3.63) is 45.4 Å². The van der Waals surface area contributed by atoms with Gasteiger partial charge in [0.05, 0.1) is 12.2 Å². The maximum absolute atomic E-state index is 12.2. The zero-order chi connectivity index (χ0) is 16.8. The van der Waals surface area contributed by atoms with Crippen LogP contribution in [0, 0.1) is 6.92 Å². The fourth-order valence-electron chi connectivity index (χ4n) is 2.32. The number of anilines is 1. The Morgan fingerprint density at radius 1 is 1.35 bits per heavy atom. The van der Waals surface area contributed by atoms with Gasteiger partial charge in [-0.3, -0.25) is 9.69 Å². The zero-order valence-electron chi connectivity index (χ0n) is 13.7. The molecule has 6 heteroatoms. The SMILES string of the molecule is CCc1nc(NC(=O)CN(CC)Cc2ccccc2Cl)sc1C.